The summed E-state index contributed by atoms with van der Waals surface area (Å²) in [5, 5.41) is 16.9. The lowest BCUT2D eigenvalue weighted by molar-refractivity contribution is 0.0778. The highest BCUT2D eigenvalue weighted by Crippen LogP contribution is 2.27. The summed E-state index contributed by atoms with van der Waals surface area (Å²) in [6, 6.07) is 10.5. The third kappa shape index (κ3) is 5.89. The number of aliphatic hydroxyl groups is 1. The maximum absolute atomic E-state index is 10.3. The number of guanidine groups is 1. The minimum Gasteiger partial charge on any atom is -0.387 e. The Kier molecular flexibility index (Phi) is 7.06. The van der Waals surface area contributed by atoms with Crippen LogP contribution in [0.1, 0.15) is 25.3 Å². The Bertz CT molecular complexity index is 458. The van der Waals surface area contributed by atoms with Gasteiger partial charge in [-0.05, 0) is 37.5 Å². The Morgan fingerprint density at radius 2 is 2.14 bits per heavy atom. The Morgan fingerprint density at radius 1 is 1.32 bits per heavy atom. The van der Waals surface area contributed by atoms with Crippen molar-refractivity contribution >= 4 is 17.7 Å². The quantitative estimate of drug-likeness (QED) is 0.409. The number of nitrogens with one attached hydrogen (secondary N) is 2. The van der Waals surface area contributed by atoms with Crippen molar-refractivity contribution < 1.29 is 5.11 Å². The molecule has 0 amide bonds. The maximum atomic E-state index is 10.3. The van der Waals surface area contributed by atoms with Crippen LogP contribution in [0.4, 0.5) is 0 Å². The zero-order valence-corrected chi connectivity index (χ0v) is 14.2. The molecule has 0 saturated carbocycles. The molecule has 4 nitrogen and oxygen atoms in total. The highest BCUT2D eigenvalue weighted by molar-refractivity contribution is 7.99. The van der Waals surface area contributed by atoms with Crippen LogP contribution in [0.2, 0.25) is 0 Å². The van der Waals surface area contributed by atoms with Crippen molar-refractivity contribution in [3.63, 3.8) is 0 Å². The van der Waals surface area contributed by atoms with Crippen molar-refractivity contribution in [1.82, 2.24) is 10.6 Å². The van der Waals surface area contributed by atoms with Gasteiger partial charge in [-0.2, -0.15) is 11.8 Å². The minimum atomic E-state index is -0.614. The summed E-state index contributed by atoms with van der Waals surface area (Å²) < 4.78 is 0. The maximum Gasteiger partial charge on any atom is 0.191 e. The molecule has 2 rings (SSSR count). The average Bonchev–Trinajstić information content (AvgIpc) is 2.97. The number of thioether (sulfide) groups is 1. The second-order valence-electron chi connectivity index (χ2n) is 5.74. The van der Waals surface area contributed by atoms with E-state index >= 15 is 0 Å². The van der Waals surface area contributed by atoms with Gasteiger partial charge in [0.15, 0.2) is 5.96 Å². The van der Waals surface area contributed by atoms with E-state index in [1.54, 1.807) is 11.8 Å². The van der Waals surface area contributed by atoms with E-state index in [0.717, 1.165) is 49.8 Å². The largest absolute Gasteiger partial charge is 0.387 e. The van der Waals surface area contributed by atoms with Crippen LogP contribution in [-0.4, -0.2) is 47.8 Å². The van der Waals surface area contributed by atoms with Gasteiger partial charge >= 0.3 is 0 Å². The molecule has 0 bridgehead atoms. The molecule has 1 saturated heterocycles. The van der Waals surface area contributed by atoms with Gasteiger partial charge < -0.3 is 15.7 Å². The Morgan fingerprint density at radius 3 is 2.82 bits per heavy atom. The van der Waals surface area contributed by atoms with Crippen LogP contribution in [0.15, 0.2) is 35.3 Å². The Hall–Kier alpha value is -1.20. The first-order valence-corrected chi connectivity index (χ1v) is 9.23. The number of benzene rings is 1. The molecule has 1 aromatic rings. The number of hydrogen-bond acceptors (Lipinski definition) is 3. The molecule has 22 heavy (non-hydrogen) atoms. The van der Waals surface area contributed by atoms with Gasteiger partial charge in [0.2, 0.25) is 0 Å². The van der Waals surface area contributed by atoms with Crippen LogP contribution < -0.4 is 10.6 Å². The summed E-state index contributed by atoms with van der Waals surface area (Å²) >= 11 is 1.81. The molecule has 1 unspecified atom stereocenters. The van der Waals surface area contributed by atoms with Crippen molar-refractivity contribution in [1.29, 1.82) is 0 Å². The smallest absolute Gasteiger partial charge is 0.191 e. The second-order valence-corrected chi connectivity index (χ2v) is 6.84. The van der Waals surface area contributed by atoms with Gasteiger partial charge in [-0.1, -0.05) is 30.3 Å². The number of hydrogen-bond donors (Lipinski definition) is 3. The lowest BCUT2D eigenvalue weighted by atomic mass is 10.1. The molecule has 1 aliphatic heterocycles. The molecule has 0 aliphatic carbocycles. The molecule has 1 atom stereocenters. The fourth-order valence-electron chi connectivity index (χ4n) is 2.43. The van der Waals surface area contributed by atoms with Gasteiger partial charge in [0.1, 0.15) is 0 Å². The fraction of sp³-hybridized carbons (Fsp3) is 0.588. The molecule has 1 aliphatic rings. The number of aliphatic imine (C=N–C) groups is 1. The van der Waals surface area contributed by atoms with Gasteiger partial charge in [0.25, 0.3) is 0 Å². The van der Waals surface area contributed by atoms with Gasteiger partial charge in [-0.3, -0.25) is 4.99 Å². The molecule has 1 heterocycles. The zero-order chi connectivity index (χ0) is 15.7. The highest BCUT2D eigenvalue weighted by atomic mass is 32.2. The van der Waals surface area contributed by atoms with Crippen molar-refractivity contribution in [2.75, 3.05) is 31.1 Å². The average molecular weight is 321 g/mol. The van der Waals surface area contributed by atoms with E-state index in [1.807, 2.05) is 6.07 Å². The number of nitrogens with zero attached hydrogens (tertiary/aromatic N) is 1. The fourth-order valence-corrected chi connectivity index (χ4v) is 3.72. The summed E-state index contributed by atoms with van der Waals surface area (Å²) in [7, 11) is 0. The van der Waals surface area contributed by atoms with E-state index in [-0.39, 0.29) is 0 Å². The molecule has 0 radical (unpaired) electrons. The molecule has 1 aromatic carbocycles. The molecule has 1 fully saturated rings. The van der Waals surface area contributed by atoms with E-state index in [1.165, 1.54) is 5.56 Å². The predicted molar refractivity (Wildman–Crippen MR) is 95.6 cm³/mol. The van der Waals surface area contributed by atoms with Crippen LogP contribution in [0.25, 0.3) is 0 Å². The number of aryl methyl sites for hydroxylation is 1. The summed E-state index contributed by atoms with van der Waals surface area (Å²) in [5.74, 6) is 2.64. The van der Waals surface area contributed by atoms with Crippen LogP contribution in [-0.2, 0) is 6.42 Å². The summed E-state index contributed by atoms with van der Waals surface area (Å²) in [5.41, 5.74) is 0.750. The third-order valence-corrected chi connectivity index (χ3v) is 4.97. The Labute approximate surface area is 137 Å². The van der Waals surface area contributed by atoms with Crippen molar-refractivity contribution in [3.05, 3.63) is 35.9 Å². The van der Waals surface area contributed by atoms with E-state index in [9.17, 15) is 5.11 Å². The zero-order valence-electron chi connectivity index (χ0n) is 13.3. The monoisotopic (exact) mass is 321 g/mol. The minimum absolute atomic E-state index is 0.480. The van der Waals surface area contributed by atoms with Gasteiger partial charge in [-0.15, -0.1) is 0 Å². The topological polar surface area (TPSA) is 56.7 Å². The van der Waals surface area contributed by atoms with Crippen molar-refractivity contribution in [2.45, 2.75) is 31.8 Å². The normalized spacial score (nSPS) is 21.8. The van der Waals surface area contributed by atoms with E-state index in [2.05, 4.69) is 46.8 Å². The molecule has 5 heteroatoms. The van der Waals surface area contributed by atoms with Crippen LogP contribution >= 0.6 is 11.8 Å². The predicted octanol–water partition coefficient (Wildman–Crippen LogP) is 2.04. The molecule has 0 spiro atoms. The molecule has 3 N–H and O–H groups in total. The van der Waals surface area contributed by atoms with E-state index in [4.69, 9.17) is 0 Å². The lowest BCUT2D eigenvalue weighted by Gasteiger charge is -2.19. The second kappa shape index (κ2) is 9.06. The third-order valence-electron chi connectivity index (χ3n) is 3.74. The molecular weight excluding hydrogens is 294 g/mol. The van der Waals surface area contributed by atoms with Gasteiger partial charge in [0.05, 0.1) is 12.1 Å². The van der Waals surface area contributed by atoms with Crippen LogP contribution in [0, 0.1) is 0 Å². The molecule has 0 aromatic heterocycles. The summed E-state index contributed by atoms with van der Waals surface area (Å²) in [6.07, 6.45) is 2.97. The highest BCUT2D eigenvalue weighted by Gasteiger charge is 2.31. The molecule has 122 valence electrons. The first-order valence-electron chi connectivity index (χ1n) is 8.08. The SMILES string of the molecule is CCNC(=NCC1(O)CCSC1)NCCCc1ccccc1. The van der Waals surface area contributed by atoms with Crippen molar-refractivity contribution in [2.24, 2.45) is 4.99 Å². The lowest BCUT2D eigenvalue weighted by Crippen LogP contribution is -2.40. The Balaban J connectivity index is 1.73. The van der Waals surface area contributed by atoms with Gasteiger partial charge in [-0.25, -0.2) is 0 Å². The van der Waals surface area contributed by atoms with E-state index < -0.39 is 5.60 Å². The van der Waals surface area contributed by atoms with Crippen LogP contribution in [0.5, 0.6) is 0 Å². The van der Waals surface area contributed by atoms with E-state index in [0.29, 0.717) is 6.54 Å². The van der Waals surface area contributed by atoms with Crippen LogP contribution in [0.3, 0.4) is 0 Å². The summed E-state index contributed by atoms with van der Waals surface area (Å²) in [6.45, 7) is 4.25. The first kappa shape index (κ1) is 17.2. The molecular formula is C17H27N3OS. The number of rotatable bonds is 7. The standard InChI is InChI=1S/C17H27N3OS/c1-2-18-16(20-13-17(21)10-12-22-14-17)19-11-6-9-15-7-4-3-5-8-15/h3-5,7-8,21H,2,6,9-14H2,1H3,(H2,18,19,20). The van der Waals surface area contributed by atoms with Gasteiger partial charge in [0, 0.05) is 18.8 Å². The van der Waals surface area contributed by atoms with Crippen molar-refractivity contribution in [3.8, 4) is 0 Å². The summed E-state index contributed by atoms with van der Waals surface area (Å²) in [4.78, 5) is 4.54. The first-order chi connectivity index (χ1) is 10.7.